The average molecular weight is 301 g/mol. The van der Waals surface area contributed by atoms with Gasteiger partial charge in [0.25, 0.3) is 0 Å². The second kappa shape index (κ2) is 7.04. The van der Waals surface area contributed by atoms with E-state index < -0.39 is 0 Å². The molecule has 0 fully saturated rings. The lowest BCUT2D eigenvalue weighted by molar-refractivity contribution is -0.120. The van der Waals surface area contributed by atoms with Crippen molar-refractivity contribution in [2.45, 2.75) is 20.3 Å². The van der Waals surface area contributed by atoms with E-state index in [1.165, 1.54) is 5.56 Å². The summed E-state index contributed by atoms with van der Waals surface area (Å²) in [7, 11) is 0. The van der Waals surface area contributed by atoms with Crippen LogP contribution in [0.2, 0.25) is 5.02 Å². The van der Waals surface area contributed by atoms with Crippen LogP contribution < -0.4 is 5.43 Å². The molecule has 0 aliphatic heterocycles. The van der Waals surface area contributed by atoms with Gasteiger partial charge in [0.2, 0.25) is 5.91 Å². The van der Waals surface area contributed by atoms with Gasteiger partial charge in [0.05, 0.1) is 12.1 Å². The third kappa shape index (κ3) is 4.72. The fraction of sp³-hybridized carbons (Fsp3) is 0.176. The number of benzene rings is 2. The molecule has 0 radical (unpaired) electrons. The van der Waals surface area contributed by atoms with Crippen LogP contribution in [0, 0.1) is 6.92 Å². The Morgan fingerprint density at radius 2 is 1.71 bits per heavy atom. The molecule has 1 amide bonds. The quantitative estimate of drug-likeness (QED) is 0.678. The molecule has 0 aliphatic carbocycles. The summed E-state index contributed by atoms with van der Waals surface area (Å²) in [5, 5.41) is 4.79. The maximum absolute atomic E-state index is 11.8. The summed E-state index contributed by atoms with van der Waals surface area (Å²) < 4.78 is 0. The van der Waals surface area contributed by atoms with Crippen LogP contribution in [0.15, 0.2) is 53.6 Å². The van der Waals surface area contributed by atoms with Gasteiger partial charge in [-0.15, -0.1) is 0 Å². The molecule has 0 aliphatic rings. The van der Waals surface area contributed by atoms with Gasteiger partial charge >= 0.3 is 0 Å². The third-order valence-electron chi connectivity index (χ3n) is 3.10. The van der Waals surface area contributed by atoms with Gasteiger partial charge in [-0.05, 0) is 37.1 Å². The van der Waals surface area contributed by atoms with Gasteiger partial charge in [-0.3, -0.25) is 4.79 Å². The van der Waals surface area contributed by atoms with Crippen molar-refractivity contribution in [1.29, 1.82) is 0 Å². The first kappa shape index (κ1) is 15.3. The first-order chi connectivity index (χ1) is 10.0. The zero-order valence-corrected chi connectivity index (χ0v) is 12.8. The van der Waals surface area contributed by atoms with Crippen molar-refractivity contribution < 1.29 is 4.79 Å². The summed E-state index contributed by atoms with van der Waals surface area (Å²) in [4.78, 5) is 11.8. The van der Waals surface area contributed by atoms with Crippen LogP contribution in [0.1, 0.15) is 23.6 Å². The standard InChI is InChI=1S/C17H17ClN2O/c1-12-3-7-15(8-4-12)13(2)19-20-17(21)11-14-5-9-16(18)10-6-14/h3-10H,11H2,1-2H3,(H,20,21). The van der Waals surface area contributed by atoms with Crippen LogP contribution >= 0.6 is 11.6 Å². The largest absolute Gasteiger partial charge is 0.273 e. The van der Waals surface area contributed by atoms with Crippen molar-refractivity contribution in [3.8, 4) is 0 Å². The Hall–Kier alpha value is -2.13. The summed E-state index contributed by atoms with van der Waals surface area (Å²) in [6, 6.07) is 15.2. The number of nitrogens with zero attached hydrogens (tertiary/aromatic N) is 1. The maximum atomic E-state index is 11.8. The molecule has 21 heavy (non-hydrogen) atoms. The first-order valence-electron chi connectivity index (χ1n) is 6.69. The van der Waals surface area contributed by atoms with E-state index >= 15 is 0 Å². The van der Waals surface area contributed by atoms with Crippen molar-refractivity contribution in [1.82, 2.24) is 5.43 Å². The Morgan fingerprint density at radius 3 is 2.33 bits per heavy atom. The van der Waals surface area contributed by atoms with Gasteiger partial charge in [-0.2, -0.15) is 5.10 Å². The van der Waals surface area contributed by atoms with E-state index in [1.54, 1.807) is 12.1 Å². The number of nitrogens with one attached hydrogen (secondary N) is 1. The van der Waals surface area contributed by atoms with Crippen LogP contribution in [0.5, 0.6) is 0 Å². The minimum Gasteiger partial charge on any atom is -0.273 e. The molecule has 0 saturated heterocycles. The number of hydrazone groups is 1. The van der Waals surface area contributed by atoms with E-state index in [2.05, 4.69) is 10.5 Å². The lowest BCUT2D eigenvalue weighted by atomic mass is 10.1. The molecule has 2 aromatic rings. The molecule has 0 spiro atoms. The highest BCUT2D eigenvalue weighted by atomic mass is 35.5. The number of halogens is 1. The fourth-order valence-electron chi connectivity index (χ4n) is 1.83. The van der Waals surface area contributed by atoms with Crippen molar-refractivity contribution in [3.63, 3.8) is 0 Å². The van der Waals surface area contributed by atoms with Gasteiger partial charge in [-0.1, -0.05) is 53.6 Å². The van der Waals surface area contributed by atoms with E-state index in [9.17, 15) is 4.79 Å². The molecule has 2 rings (SSSR count). The van der Waals surface area contributed by atoms with Gasteiger partial charge in [0.15, 0.2) is 0 Å². The molecule has 0 saturated carbocycles. The number of hydrogen-bond acceptors (Lipinski definition) is 2. The number of rotatable bonds is 4. The minimum atomic E-state index is -0.149. The van der Waals surface area contributed by atoms with E-state index in [-0.39, 0.29) is 12.3 Å². The Labute approximate surface area is 129 Å². The molecule has 108 valence electrons. The van der Waals surface area contributed by atoms with Gasteiger partial charge in [-0.25, -0.2) is 5.43 Å². The third-order valence-corrected chi connectivity index (χ3v) is 3.35. The zero-order valence-electron chi connectivity index (χ0n) is 12.1. The number of aryl methyl sites for hydroxylation is 1. The smallest absolute Gasteiger partial charge is 0.244 e. The van der Waals surface area contributed by atoms with Crippen LogP contribution in [-0.4, -0.2) is 11.6 Å². The van der Waals surface area contributed by atoms with Gasteiger partial charge in [0.1, 0.15) is 0 Å². The topological polar surface area (TPSA) is 41.5 Å². The minimum absolute atomic E-state index is 0.149. The normalized spacial score (nSPS) is 11.3. The fourth-order valence-corrected chi connectivity index (χ4v) is 1.96. The number of amides is 1. The molecule has 0 atom stereocenters. The summed E-state index contributed by atoms with van der Waals surface area (Å²) in [5.41, 5.74) is 6.44. The molecule has 1 N–H and O–H groups in total. The Kier molecular flexibility index (Phi) is 5.12. The van der Waals surface area contributed by atoms with Crippen molar-refractivity contribution in [2.24, 2.45) is 5.10 Å². The maximum Gasteiger partial charge on any atom is 0.244 e. The Bertz CT molecular complexity index is 645. The van der Waals surface area contributed by atoms with E-state index in [0.717, 1.165) is 16.8 Å². The molecule has 0 aromatic heterocycles. The SMILES string of the molecule is CC(=NNC(=O)Cc1ccc(Cl)cc1)c1ccc(C)cc1. The summed E-state index contributed by atoms with van der Waals surface area (Å²) in [5.74, 6) is -0.149. The summed E-state index contributed by atoms with van der Waals surface area (Å²) in [6.45, 7) is 3.90. The average Bonchev–Trinajstić information content (AvgIpc) is 2.48. The van der Waals surface area contributed by atoms with Crippen LogP contribution in [0.4, 0.5) is 0 Å². The highest BCUT2D eigenvalue weighted by Crippen LogP contribution is 2.10. The molecular formula is C17H17ClN2O. The molecule has 0 bridgehead atoms. The van der Waals surface area contributed by atoms with Crippen molar-refractivity contribution >= 4 is 23.2 Å². The van der Waals surface area contributed by atoms with Crippen molar-refractivity contribution in [3.05, 3.63) is 70.2 Å². The highest BCUT2D eigenvalue weighted by molar-refractivity contribution is 6.30. The first-order valence-corrected chi connectivity index (χ1v) is 7.07. The van der Waals surface area contributed by atoms with Gasteiger partial charge in [0, 0.05) is 5.02 Å². The van der Waals surface area contributed by atoms with Crippen molar-refractivity contribution in [2.75, 3.05) is 0 Å². The van der Waals surface area contributed by atoms with E-state index in [4.69, 9.17) is 11.6 Å². The molecule has 0 unspecified atom stereocenters. The predicted molar refractivity (Wildman–Crippen MR) is 86.7 cm³/mol. The summed E-state index contributed by atoms with van der Waals surface area (Å²) >= 11 is 5.81. The second-order valence-electron chi connectivity index (χ2n) is 4.90. The predicted octanol–water partition coefficient (Wildman–Crippen LogP) is 3.73. The molecule has 0 heterocycles. The lowest BCUT2D eigenvalue weighted by Gasteiger charge is -2.04. The molecule has 3 nitrogen and oxygen atoms in total. The highest BCUT2D eigenvalue weighted by Gasteiger charge is 2.03. The number of carbonyl (C=O) groups excluding carboxylic acids is 1. The Balaban J connectivity index is 1.94. The van der Waals surface area contributed by atoms with Crippen LogP contribution in [0.25, 0.3) is 0 Å². The monoisotopic (exact) mass is 300 g/mol. The lowest BCUT2D eigenvalue weighted by Crippen LogP contribution is -2.21. The number of carbonyl (C=O) groups is 1. The van der Waals surface area contributed by atoms with Crippen LogP contribution in [0.3, 0.4) is 0 Å². The Morgan fingerprint density at radius 1 is 1.10 bits per heavy atom. The van der Waals surface area contributed by atoms with E-state index in [0.29, 0.717) is 5.02 Å². The molecule has 4 heteroatoms. The molecular weight excluding hydrogens is 284 g/mol. The zero-order chi connectivity index (χ0) is 15.2. The molecule has 2 aromatic carbocycles. The number of hydrogen-bond donors (Lipinski definition) is 1. The second-order valence-corrected chi connectivity index (χ2v) is 5.34. The van der Waals surface area contributed by atoms with Gasteiger partial charge < -0.3 is 0 Å². The van der Waals surface area contributed by atoms with Crippen LogP contribution in [-0.2, 0) is 11.2 Å². The van der Waals surface area contributed by atoms with E-state index in [1.807, 2.05) is 50.2 Å². The summed E-state index contributed by atoms with van der Waals surface area (Å²) in [6.07, 6.45) is 0.280.